The summed E-state index contributed by atoms with van der Waals surface area (Å²) >= 11 is 0. The summed E-state index contributed by atoms with van der Waals surface area (Å²) in [5.74, 6) is 6.50. The molecule has 0 aliphatic carbocycles. The maximum Gasteiger partial charge on any atom is 0.0301 e. The highest BCUT2D eigenvalue weighted by Gasteiger charge is 2.08. The molecule has 0 aromatic heterocycles. The molecular formula is C27H23N. The molecule has 0 amide bonds. The van der Waals surface area contributed by atoms with Gasteiger partial charge in [-0.15, -0.1) is 0 Å². The summed E-state index contributed by atoms with van der Waals surface area (Å²) in [5.41, 5.74) is 4.65. The highest BCUT2D eigenvalue weighted by molar-refractivity contribution is 5.86. The fourth-order valence-corrected chi connectivity index (χ4v) is 3.43. The van der Waals surface area contributed by atoms with Crippen molar-refractivity contribution in [1.29, 1.82) is 0 Å². The van der Waals surface area contributed by atoms with Crippen molar-refractivity contribution in [3.63, 3.8) is 0 Å². The Morgan fingerprint density at radius 1 is 0.714 bits per heavy atom. The first-order valence-corrected chi connectivity index (χ1v) is 9.67. The molecule has 0 aliphatic rings. The second-order valence-electron chi connectivity index (χ2n) is 6.99. The Kier molecular flexibility index (Phi) is 5.52. The maximum absolute atomic E-state index is 3.66. The summed E-state index contributed by atoms with van der Waals surface area (Å²) < 4.78 is 0. The molecule has 0 spiro atoms. The third kappa shape index (κ3) is 4.31. The van der Waals surface area contributed by atoms with Gasteiger partial charge >= 0.3 is 0 Å². The van der Waals surface area contributed by atoms with E-state index in [1.54, 1.807) is 0 Å². The Hall–Kier alpha value is -3.34. The molecule has 0 bridgehead atoms. The fraction of sp³-hybridized carbons (Fsp3) is 0.111. The Morgan fingerprint density at radius 3 is 2.29 bits per heavy atom. The van der Waals surface area contributed by atoms with E-state index >= 15 is 0 Å². The number of benzene rings is 4. The minimum Gasteiger partial charge on any atom is -0.306 e. The van der Waals surface area contributed by atoms with Gasteiger partial charge in [0, 0.05) is 23.7 Å². The van der Waals surface area contributed by atoms with E-state index in [4.69, 9.17) is 0 Å². The topological polar surface area (TPSA) is 12.0 Å². The van der Waals surface area contributed by atoms with E-state index < -0.39 is 0 Å². The van der Waals surface area contributed by atoms with Crippen molar-refractivity contribution in [2.45, 2.75) is 19.5 Å². The second-order valence-corrected chi connectivity index (χ2v) is 6.99. The fourth-order valence-electron chi connectivity index (χ4n) is 3.43. The number of rotatable bonds is 4. The second kappa shape index (κ2) is 8.57. The number of hydrogen-bond acceptors (Lipinski definition) is 1. The van der Waals surface area contributed by atoms with Crippen molar-refractivity contribution < 1.29 is 0 Å². The zero-order chi connectivity index (χ0) is 19.2. The lowest BCUT2D eigenvalue weighted by Gasteiger charge is -2.17. The molecule has 0 aliphatic heterocycles. The summed E-state index contributed by atoms with van der Waals surface area (Å²) in [7, 11) is 0. The molecule has 4 rings (SSSR count). The zero-order valence-corrected chi connectivity index (χ0v) is 16.0. The van der Waals surface area contributed by atoms with Gasteiger partial charge in [0.25, 0.3) is 0 Å². The lowest BCUT2D eigenvalue weighted by molar-refractivity contribution is 0.578. The van der Waals surface area contributed by atoms with Crippen molar-refractivity contribution in [2.75, 3.05) is 0 Å². The first kappa shape index (κ1) is 18.0. The molecule has 0 saturated heterocycles. The zero-order valence-electron chi connectivity index (χ0n) is 16.0. The molecule has 1 atom stereocenters. The highest BCUT2D eigenvalue weighted by Crippen LogP contribution is 2.24. The minimum atomic E-state index is 0.269. The molecule has 0 fully saturated rings. The monoisotopic (exact) mass is 361 g/mol. The van der Waals surface area contributed by atoms with E-state index in [1.807, 2.05) is 30.3 Å². The molecule has 0 heterocycles. The average molecular weight is 361 g/mol. The van der Waals surface area contributed by atoms with E-state index in [0.29, 0.717) is 0 Å². The Morgan fingerprint density at radius 2 is 1.39 bits per heavy atom. The van der Waals surface area contributed by atoms with Gasteiger partial charge in [0.2, 0.25) is 0 Å². The van der Waals surface area contributed by atoms with Crippen LogP contribution in [-0.4, -0.2) is 0 Å². The molecular weight excluding hydrogens is 338 g/mol. The van der Waals surface area contributed by atoms with Gasteiger partial charge in [-0.3, -0.25) is 0 Å². The maximum atomic E-state index is 3.66. The van der Waals surface area contributed by atoms with E-state index in [-0.39, 0.29) is 6.04 Å². The molecule has 1 N–H and O–H groups in total. The predicted molar refractivity (Wildman–Crippen MR) is 118 cm³/mol. The van der Waals surface area contributed by atoms with Gasteiger partial charge < -0.3 is 5.32 Å². The first-order chi connectivity index (χ1) is 13.8. The molecule has 136 valence electrons. The van der Waals surface area contributed by atoms with Crippen LogP contribution in [-0.2, 0) is 6.54 Å². The van der Waals surface area contributed by atoms with E-state index in [1.165, 1.54) is 21.9 Å². The summed E-state index contributed by atoms with van der Waals surface area (Å²) in [6.45, 7) is 3.03. The molecule has 0 saturated carbocycles. The van der Waals surface area contributed by atoms with Crippen molar-refractivity contribution in [3.05, 3.63) is 119 Å². The molecule has 28 heavy (non-hydrogen) atoms. The normalized spacial score (nSPS) is 11.6. The summed E-state index contributed by atoms with van der Waals surface area (Å²) in [4.78, 5) is 0. The highest BCUT2D eigenvalue weighted by atomic mass is 14.9. The van der Waals surface area contributed by atoms with Gasteiger partial charge in [0.1, 0.15) is 0 Å². The standard InChI is InChI=1S/C27H23N/c1-21(26-16-8-14-25-13-5-6-15-27(25)26)28-20-24-12-7-11-23(19-24)18-17-22-9-3-2-4-10-22/h2-16,19,21,28H,20H2,1H3/t21-/m1/s1. The van der Waals surface area contributed by atoms with Crippen molar-refractivity contribution in [1.82, 2.24) is 5.32 Å². The lowest BCUT2D eigenvalue weighted by Crippen LogP contribution is -2.18. The van der Waals surface area contributed by atoms with Crippen LogP contribution >= 0.6 is 0 Å². The Labute approximate surface area is 167 Å². The van der Waals surface area contributed by atoms with Crippen molar-refractivity contribution in [2.24, 2.45) is 0 Å². The largest absolute Gasteiger partial charge is 0.306 e. The Balaban J connectivity index is 1.47. The first-order valence-electron chi connectivity index (χ1n) is 9.67. The third-order valence-electron chi connectivity index (χ3n) is 4.95. The van der Waals surface area contributed by atoms with Gasteiger partial charge in [-0.1, -0.05) is 84.6 Å². The van der Waals surface area contributed by atoms with Crippen LogP contribution in [0.2, 0.25) is 0 Å². The summed E-state index contributed by atoms with van der Waals surface area (Å²) in [5, 5.41) is 6.26. The molecule has 0 unspecified atom stereocenters. The van der Waals surface area contributed by atoms with Crippen LogP contribution in [0.4, 0.5) is 0 Å². The van der Waals surface area contributed by atoms with Crippen molar-refractivity contribution >= 4 is 10.8 Å². The third-order valence-corrected chi connectivity index (χ3v) is 4.95. The van der Waals surface area contributed by atoms with Crippen LogP contribution in [0.1, 0.15) is 35.2 Å². The van der Waals surface area contributed by atoms with E-state index in [9.17, 15) is 0 Å². The Bertz CT molecular complexity index is 1130. The van der Waals surface area contributed by atoms with Crippen LogP contribution in [0, 0.1) is 11.8 Å². The molecule has 1 heteroatoms. The lowest BCUT2D eigenvalue weighted by atomic mass is 9.99. The summed E-state index contributed by atoms with van der Waals surface area (Å²) in [6.07, 6.45) is 0. The number of hydrogen-bond donors (Lipinski definition) is 1. The van der Waals surface area contributed by atoms with E-state index in [2.05, 4.69) is 90.8 Å². The van der Waals surface area contributed by atoms with Gasteiger partial charge in [-0.25, -0.2) is 0 Å². The SMILES string of the molecule is C[C@@H](NCc1cccc(C#Cc2ccccc2)c1)c1cccc2ccccc12. The van der Waals surface area contributed by atoms with Crippen LogP contribution in [0.5, 0.6) is 0 Å². The molecule has 1 nitrogen and oxygen atoms in total. The van der Waals surface area contributed by atoms with Gasteiger partial charge in [0.05, 0.1) is 0 Å². The average Bonchev–Trinajstić information content (AvgIpc) is 2.77. The molecule has 0 radical (unpaired) electrons. The quantitative estimate of drug-likeness (QED) is 0.434. The van der Waals surface area contributed by atoms with Gasteiger partial charge in [-0.05, 0) is 53.1 Å². The van der Waals surface area contributed by atoms with Crippen LogP contribution < -0.4 is 5.32 Å². The predicted octanol–water partition coefficient (Wildman–Crippen LogP) is 6.09. The molecule has 4 aromatic rings. The smallest absolute Gasteiger partial charge is 0.0301 e. The van der Waals surface area contributed by atoms with Crippen molar-refractivity contribution in [3.8, 4) is 11.8 Å². The van der Waals surface area contributed by atoms with Crippen LogP contribution in [0.25, 0.3) is 10.8 Å². The minimum absolute atomic E-state index is 0.269. The van der Waals surface area contributed by atoms with Crippen LogP contribution in [0.3, 0.4) is 0 Å². The van der Waals surface area contributed by atoms with E-state index in [0.717, 1.165) is 17.7 Å². The van der Waals surface area contributed by atoms with Gasteiger partial charge in [0.15, 0.2) is 0 Å². The van der Waals surface area contributed by atoms with Gasteiger partial charge in [-0.2, -0.15) is 0 Å². The number of nitrogens with one attached hydrogen (secondary N) is 1. The number of fused-ring (bicyclic) bond motifs is 1. The van der Waals surface area contributed by atoms with Crippen LogP contribution in [0.15, 0.2) is 97.1 Å². The summed E-state index contributed by atoms with van der Waals surface area (Å²) in [6, 6.07) is 33.9. The molecule has 4 aromatic carbocycles.